The molecule has 2 rings (SSSR count). The van der Waals surface area contributed by atoms with E-state index in [-0.39, 0.29) is 6.10 Å². The van der Waals surface area contributed by atoms with Crippen LogP contribution in [0.4, 0.5) is 0 Å². The van der Waals surface area contributed by atoms with Gasteiger partial charge in [-0.2, -0.15) is 0 Å². The Morgan fingerprint density at radius 1 is 1.40 bits per heavy atom. The van der Waals surface area contributed by atoms with Crippen LogP contribution in [-0.2, 0) is 0 Å². The molecule has 2 aliphatic carbocycles. The highest BCUT2D eigenvalue weighted by Gasteiger charge is 2.51. The van der Waals surface area contributed by atoms with Crippen LogP contribution in [0.25, 0.3) is 0 Å². The number of hydrogen-bond donors (Lipinski definition) is 2. The minimum absolute atomic E-state index is 0.0428. The molecule has 2 saturated carbocycles. The van der Waals surface area contributed by atoms with E-state index in [2.05, 4.69) is 13.8 Å². The van der Waals surface area contributed by atoms with Gasteiger partial charge in [-0.15, -0.1) is 0 Å². The fraction of sp³-hybridized carbons (Fsp3) is 1.00. The maximum absolute atomic E-state index is 10.1. The van der Waals surface area contributed by atoms with E-state index in [9.17, 15) is 5.11 Å². The lowest BCUT2D eigenvalue weighted by molar-refractivity contribution is -0.0261. The molecule has 0 saturated heterocycles. The molecule has 0 amide bonds. The molecule has 2 fully saturated rings. The summed E-state index contributed by atoms with van der Waals surface area (Å²) in [5.74, 6) is 1.90. The lowest BCUT2D eigenvalue weighted by Gasteiger charge is -2.45. The number of fused-ring (bicyclic) bond motifs is 1. The number of hydrogen-bond acceptors (Lipinski definition) is 2. The molecule has 0 aromatic heterocycles. The van der Waals surface area contributed by atoms with Gasteiger partial charge in [0.15, 0.2) is 0 Å². The predicted molar refractivity (Wildman–Crippen MR) is 62.4 cm³/mol. The van der Waals surface area contributed by atoms with E-state index >= 15 is 0 Å². The largest absolute Gasteiger partial charge is 0.393 e. The molecule has 2 nitrogen and oxygen atoms in total. The van der Waals surface area contributed by atoms with E-state index in [1.807, 2.05) is 0 Å². The Morgan fingerprint density at radius 2 is 2.13 bits per heavy atom. The Hall–Kier alpha value is -0.0800. The highest BCUT2D eigenvalue weighted by molar-refractivity contribution is 5.01. The first-order valence-electron chi connectivity index (χ1n) is 6.47. The van der Waals surface area contributed by atoms with Crippen molar-refractivity contribution in [3.05, 3.63) is 0 Å². The zero-order valence-electron chi connectivity index (χ0n) is 10.1. The Morgan fingerprint density at radius 3 is 2.80 bits per heavy atom. The lowest BCUT2D eigenvalue weighted by atomic mass is 9.62. The normalized spacial score (nSPS) is 47.6. The molecule has 15 heavy (non-hydrogen) atoms. The Labute approximate surface area is 93.2 Å². The molecule has 2 heteroatoms. The molecule has 0 bridgehead atoms. The summed E-state index contributed by atoms with van der Waals surface area (Å²) in [7, 11) is 0. The summed E-state index contributed by atoms with van der Waals surface area (Å²) in [6, 6.07) is 0. The van der Waals surface area contributed by atoms with Crippen LogP contribution in [0.3, 0.4) is 0 Å². The number of aliphatic hydroxyl groups excluding tert-OH is 1. The molecular weight excluding hydrogens is 186 g/mol. The van der Waals surface area contributed by atoms with Crippen molar-refractivity contribution in [3.63, 3.8) is 0 Å². The van der Waals surface area contributed by atoms with E-state index in [1.54, 1.807) is 0 Å². The molecule has 0 heterocycles. The third-order valence-electron chi connectivity index (χ3n) is 5.22. The smallest absolute Gasteiger partial charge is 0.0573 e. The number of rotatable bonds is 2. The third-order valence-corrected chi connectivity index (χ3v) is 5.22. The van der Waals surface area contributed by atoms with Crippen molar-refractivity contribution in [2.75, 3.05) is 6.54 Å². The zero-order valence-corrected chi connectivity index (χ0v) is 10.1. The molecule has 0 unspecified atom stereocenters. The van der Waals surface area contributed by atoms with Crippen molar-refractivity contribution >= 4 is 0 Å². The first-order chi connectivity index (χ1) is 7.09. The van der Waals surface area contributed by atoms with Gasteiger partial charge in [-0.1, -0.05) is 20.3 Å². The van der Waals surface area contributed by atoms with Gasteiger partial charge in [0.25, 0.3) is 0 Å². The van der Waals surface area contributed by atoms with Gasteiger partial charge in [-0.3, -0.25) is 0 Å². The van der Waals surface area contributed by atoms with E-state index in [4.69, 9.17) is 5.73 Å². The van der Waals surface area contributed by atoms with Crippen molar-refractivity contribution in [2.24, 2.45) is 28.9 Å². The van der Waals surface area contributed by atoms with Crippen LogP contribution < -0.4 is 5.73 Å². The lowest BCUT2D eigenvalue weighted by Crippen LogP contribution is -2.42. The van der Waals surface area contributed by atoms with Crippen LogP contribution >= 0.6 is 0 Å². The number of nitrogens with two attached hydrogens (primary N) is 1. The van der Waals surface area contributed by atoms with E-state index in [1.165, 1.54) is 25.7 Å². The van der Waals surface area contributed by atoms with Crippen molar-refractivity contribution in [3.8, 4) is 0 Å². The molecule has 88 valence electrons. The van der Waals surface area contributed by atoms with Gasteiger partial charge < -0.3 is 10.8 Å². The summed E-state index contributed by atoms with van der Waals surface area (Å²) in [6.45, 7) is 5.46. The molecule has 0 aromatic carbocycles. The SMILES string of the molecule is C[C@H](CN)[C@H]1CC[C@H]2[C@@H](O)CCC[C@]12C. The Kier molecular flexibility index (Phi) is 3.09. The average molecular weight is 211 g/mol. The highest BCUT2D eigenvalue weighted by atomic mass is 16.3. The van der Waals surface area contributed by atoms with Crippen molar-refractivity contribution in [2.45, 2.75) is 52.1 Å². The topological polar surface area (TPSA) is 46.2 Å². The van der Waals surface area contributed by atoms with Crippen LogP contribution in [0.2, 0.25) is 0 Å². The summed E-state index contributed by atoms with van der Waals surface area (Å²) >= 11 is 0. The first kappa shape index (κ1) is 11.4. The molecule has 2 aliphatic rings. The zero-order chi connectivity index (χ0) is 11.1. The fourth-order valence-electron chi connectivity index (χ4n) is 4.29. The van der Waals surface area contributed by atoms with Gasteiger partial charge >= 0.3 is 0 Å². The minimum atomic E-state index is -0.0428. The van der Waals surface area contributed by atoms with Crippen molar-refractivity contribution in [1.29, 1.82) is 0 Å². The monoisotopic (exact) mass is 211 g/mol. The van der Waals surface area contributed by atoms with Gasteiger partial charge in [-0.25, -0.2) is 0 Å². The predicted octanol–water partition coefficient (Wildman–Crippen LogP) is 2.16. The van der Waals surface area contributed by atoms with Crippen LogP contribution in [0.1, 0.15) is 46.0 Å². The van der Waals surface area contributed by atoms with Gasteiger partial charge in [0, 0.05) is 0 Å². The summed E-state index contributed by atoms with van der Waals surface area (Å²) in [4.78, 5) is 0. The molecule has 5 atom stereocenters. The van der Waals surface area contributed by atoms with E-state index in [0.29, 0.717) is 17.3 Å². The Balaban J connectivity index is 2.17. The van der Waals surface area contributed by atoms with Gasteiger partial charge in [0.1, 0.15) is 0 Å². The summed E-state index contributed by atoms with van der Waals surface area (Å²) < 4.78 is 0. The van der Waals surface area contributed by atoms with E-state index in [0.717, 1.165) is 18.9 Å². The second-order valence-electron chi connectivity index (χ2n) is 5.97. The van der Waals surface area contributed by atoms with Crippen molar-refractivity contribution in [1.82, 2.24) is 0 Å². The summed E-state index contributed by atoms with van der Waals surface area (Å²) in [5, 5.41) is 10.1. The molecule has 0 radical (unpaired) electrons. The van der Waals surface area contributed by atoms with Crippen LogP contribution in [0.5, 0.6) is 0 Å². The maximum atomic E-state index is 10.1. The standard InChI is InChI=1S/C13H25NO/c1-9(8-14)10-5-6-11-12(15)4-3-7-13(10,11)2/h9-12,15H,3-8,14H2,1-2H3/t9-,10-,11+,12+,13-/m1/s1. The average Bonchev–Trinajstić information content (AvgIpc) is 2.56. The summed E-state index contributed by atoms with van der Waals surface area (Å²) in [6.07, 6.45) is 5.96. The third kappa shape index (κ3) is 1.72. The number of aliphatic hydroxyl groups is 1. The molecule has 0 aromatic rings. The fourth-order valence-corrected chi connectivity index (χ4v) is 4.29. The second-order valence-corrected chi connectivity index (χ2v) is 5.97. The minimum Gasteiger partial charge on any atom is -0.393 e. The molecule has 0 aliphatic heterocycles. The summed E-state index contributed by atoms with van der Waals surface area (Å²) in [5.41, 5.74) is 6.18. The second kappa shape index (κ2) is 4.06. The molecule has 3 N–H and O–H groups in total. The van der Waals surface area contributed by atoms with Crippen LogP contribution in [-0.4, -0.2) is 17.8 Å². The maximum Gasteiger partial charge on any atom is 0.0573 e. The van der Waals surface area contributed by atoms with Crippen LogP contribution in [0, 0.1) is 23.2 Å². The molecule has 0 spiro atoms. The quantitative estimate of drug-likeness (QED) is 0.735. The van der Waals surface area contributed by atoms with Crippen molar-refractivity contribution < 1.29 is 5.11 Å². The first-order valence-corrected chi connectivity index (χ1v) is 6.47. The van der Waals surface area contributed by atoms with Gasteiger partial charge in [0.2, 0.25) is 0 Å². The van der Waals surface area contributed by atoms with E-state index < -0.39 is 0 Å². The molecular formula is C13H25NO. The van der Waals surface area contributed by atoms with Gasteiger partial charge in [0.05, 0.1) is 6.10 Å². The highest BCUT2D eigenvalue weighted by Crippen LogP contribution is 2.57. The van der Waals surface area contributed by atoms with Gasteiger partial charge in [-0.05, 0) is 55.4 Å². The van der Waals surface area contributed by atoms with Crippen LogP contribution in [0.15, 0.2) is 0 Å². The Bertz CT molecular complexity index is 231.